The minimum absolute atomic E-state index is 0.222. The fraction of sp³-hybridized carbons (Fsp3) is 0.286. The van der Waals surface area contributed by atoms with Gasteiger partial charge in [0, 0.05) is 19.4 Å². The molecule has 0 atom stereocenters. The number of hydrogen-bond acceptors (Lipinski definition) is 5. The van der Waals surface area contributed by atoms with Crippen LogP contribution in [0.25, 0.3) is 11.0 Å². The summed E-state index contributed by atoms with van der Waals surface area (Å²) in [7, 11) is 1.96. The Hall–Kier alpha value is -3.55. The lowest BCUT2D eigenvalue weighted by atomic mass is 9.59. The van der Waals surface area contributed by atoms with Gasteiger partial charge in [-0.3, -0.25) is 9.78 Å². The van der Waals surface area contributed by atoms with Gasteiger partial charge in [0.05, 0.1) is 28.3 Å². The van der Waals surface area contributed by atoms with Gasteiger partial charge in [0.1, 0.15) is 17.8 Å². The number of anilines is 1. The molecular formula is C21H21N7O. The first-order chi connectivity index (χ1) is 14.0. The van der Waals surface area contributed by atoms with Crippen LogP contribution in [0.2, 0.25) is 0 Å². The molecule has 0 unspecified atom stereocenters. The molecule has 0 radical (unpaired) electrons. The number of amides is 1. The first-order valence-corrected chi connectivity index (χ1v) is 9.61. The smallest absolute Gasteiger partial charge is 0.274 e. The summed E-state index contributed by atoms with van der Waals surface area (Å²) in [5, 5.41) is 11.4. The molecule has 1 amide bonds. The maximum Gasteiger partial charge on any atom is 0.274 e. The molecule has 1 aliphatic carbocycles. The third-order valence-corrected chi connectivity index (χ3v) is 5.72. The van der Waals surface area contributed by atoms with Crippen LogP contribution >= 0.6 is 0 Å². The second-order valence-electron chi connectivity index (χ2n) is 7.88. The van der Waals surface area contributed by atoms with E-state index in [2.05, 4.69) is 37.4 Å². The monoisotopic (exact) mass is 387 g/mol. The molecule has 8 nitrogen and oxygen atoms in total. The van der Waals surface area contributed by atoms with Crippen molar-refractivity contribution in [1.82, 2.24) is 29.7 Å². The van der Waals surface area contributed by atoms with Gasteiger partial charge >= 0.3 is 0 Å². The van der Waals surface area contributed by atoms with Gasteiger partial charge in [0.25, 0.3) is 5.91 Å². The molecule has 146 valence electrons. The van der Waals surface area contributed by atoms with Crippen molar-refractivity contribution in [2.45, 2.75) is 25.2 Å². The molecule has 0 aliphatic heterocycles. The number of aromatic nitrogens is 6. The Kier molecular flexibility index (Phi) is 3.94. The highest BCUT2D eigenvalue weighted by atomic mass is 16.1. The van der Waals surface area contributed by atoms with Crippen LogP contribution < -0.4 is 5.32 Å². The first-order valence-electron chi connectivity index (χ1n) is 9.61. The summed E-state index contributed by atoms with van der Waals surface area (Å²) in [6.45, 7) is 2.23. The fourth-order valence-electron chi connectivity index (χ4n) is 4.42. The quantitative estimate of drug-likeness (QED) is 0.560. The van der Waals surface area contributed by atoms with Crippen LogP contribution in [-0.4, -0.2) is 35.6 Å². The van der Waals surface area contributed by atoms with E-state index in [1.807, 2.05) is 36.0 Å². The van der Waals surface area contributed by atoms with Crippen molar-refractivity contribution in [3.8, 4) is 0 Å². The molecule has 8 heteroatoms. The van der Waals surface area contributed by atoms with E-state index in [0.717, 1.165) is 35.3 Å². The van der Waals surface area contributed by atoms with Gasteiger partial charge in [-0.05, 0) is 48.6 Å². The Bertz CT molecular complexity index is 1200. The summed E-state index contributed by atoms with van der Waals surface area (Å²) in [4.78, 5) is 24.6. The summed E-state index contributed by atoms with van der Waals surface area (Å²) >= 11 is 0. The Balaban J connectivity index is 1.45. The Morgan fingerprint density at radius 2 is 2.14 bits per heavy atom. The summed E-state index contributed by atoms with van der Waals surface area (Å²) < 4.78 is 1.97. The van der Waals surface area contributed by atoms with Crippen molar-refractivity contribution in [1.29, 1.82) is 0 Å². The molecule has 0 saturated heterocycles. The summed E-state index contributed by atoms with van der Waals surface area (Å²) in [5.41, 5.74) is 3.48. The summed E-state index contributed by atoms with van der Waals surface area (Å²) in [5.74, 6) is 1.27. The van der Waals surface area contributed by atoms with E-state index in [1.54, 1.807) is 24.8 Å². The minimum Gasteiger partial charge on any atom is -0.360 e. The van der Waals surface area contributed by atoms with E-state index in [0.29, 0.717) is 17.3 Å². The van der Waals surface area contributed by atoms with E-state index in [4.69, 9.17) is 0 Å². The molecular weight excluding hydrogens is 366 g/mol. The van der Waals surface area contributed by atoms with Crippen molar-refractivity contribution in [3.05, 3.63) is 66.3 Å². The van der Waals surface area contributed by atoms with Crippen LogP contribution in [0.15, 0.2) is 49.2 Å². The largest absolute Gasteiger partial charge is 0.360 e. The fourth-order valence-corrected chi connectivity index (χ4v) is 4.42. The zero-order chi connectivity index (χ0) is 20.0. The predicted octanol–water partition coefficient (Wildman–Crippen LogP) is 3.05. The van der Waals surface area contributed by atoms with Gasteiger partial charge in [-0.2, -0.15) is 0 Å². The van der Waals surface area contributed by atoms with Gasteiger partial charge < -0.3 is 14.9 Å². The molecule has 5 rings (SSSR count). The number of aromatic amines is 1. The molecule has 1 fully saturated rings. The van der Waals surface area contributed by atoms with Gasteiger partial charge in [-0.15, -0.1) is 10.2 Å². The second-order valence-corrected chi connectivity index (χ2v) is 7.88. The number of aryl methyl sites for hydroxylation is 1. The standard InChI is InChI=1S/C21H21N7O/c1-13-8-21(9-13,20-27-24-12-28(20)2)14-7-15(11-22-10-14)25-19(29)18-4-3-16-17(26-18)5-6-23-16/h3-7,10-13,23H,8-9H2,1-2H3,(H,25,29). The van der Waals surface area contributed by atoms with Crippen LogP contribution in [0.3, 0.4) is 0 Å². The van der Waals surface area contributed by atoms with E-state index >= 15 is 0 Å². The van der Waals surface area contributed by atoms with Crippen LogP contribution in [0.1, 0.15) is 41.6 Å². The third-order valence-electron chi connectivity index (χ3n) is 5.72. The van der Waals surface area contributed by atoms with Crippen LogP contribution in [0, 0.1) is 5.92 Å². The van der Waals surface area contributed by atoms with Crippen molar-refractivity contribution in [3.63, 3.8) is 0 Å². The molecule has 1 saturated carbocycles. The highest BCUT2D eigenvalue weighted by molar-refractivity contribution is 6.03. The van der Waals surface area contributed by atoms with Crippen molar-refractivity contribution >= 4 is 22.6 Å². The molecule has 0 bridgehead atoms. The highest BCUT2D eigenvalue weighted by Gasteiger charge is 2.48. The number of rotatable bonds is 4. The third kappa shape index (κ3) is 2.88. The summed E-state index contributed by atoms with van der Waals surface area (Å²) in [6.07, 6.45) is 9.00. The number of hydrogen-bond donors (Lipinski definition) is 2. The van der Waals surface area contributed by atoms with Crippen molar-refractivity contribution < 1.29 is 4.79 Å². The van der Waals surface area contributed by atoms with Crippen LogP contribution in [0.4, 0.5) is 5.69 Å². The lowest BCUT2D eigenvalue weighted by Gasteiger charge is -2.45. The van der Waals surface area contributed by atoms with Crippen LogP contribution in [-0.2, 0) is 12.5 Å². The molecule has 2 N–H and O–H groups in total. The maximum absolute atomic E-state index is 12.7. The van der Waals surface area contributed by atoms with Crippen LogP contribution in [0.5, 0.6) is 0 Å². The highest BCUT2D eigenvalue weighted by Crippen LogP contribution is 2.51. The molecule has 0 aromatic carbocycles. The molecule has 4 heterocycles. The topological polar surface area (TPSA) is 101 Å². The maximum atomic E-state index is 12.7. The number of nitrogens with one attached hydrogen (secondary N) is 2. The van der Waals surface area contributed by atoms with E-state index in [-0.39, 0.29) is 11.3 Å². The lowest BCUT2D eigenvalue weighted by molar-refractivity contribution is 0.102. The van der Waals surface area contributed by atoms with Gasteiger partial charge in [-0.1, -0.05) is 6.92 Å². The number of fused-ring (bicyclic) bond motifs is 1. The predicted molar refractivity (Wildman–Crippen MR) is 108 cm³/mol. The SMILES string of the molecule is CC1CC(c2cncc(NC(=O)c3ccc4[nH]ccc4n3)c2)(c2nncn2C)C1. The van der Waals surface area contributed by atoms with E-state index < -0.39 is 0 Å². The second kappa shape index (κ2) is 6.51. The van der Waals surface area contributed by atoms with Crippen molar-refractivity contribution in [2.24, 2.45) is 13.0 Å². The zero-order valence-electron chi connectivity index (χ0n) is 16.3. The van der Waals surface area contributed by atoms with Crippen molar-refractivity contribution in [2.75, 3.05) is 5.32 Å². The van der Waals surface area contributed by atoms with Gasteiger partial charge in [-0.25, -0.2) is 4.98 Å². The Morgan fingerprint density at radius 1 is 1.28 bits per heavy atom. The van der Waals surface area contributed by atoms with Gasteiger partial charge in [0.2, 0.25) is 0 Å². The number of nitrogens with zero attached hydrogens (tertiary/aromatic N) is 5. The Labute approximate surface area is 167 Å². The minimum atomic E-state index is -0.262. The average molecular weight is 387 g/mol. The normalized spacial score (nSPS) is 21.1. The molecule has 4 aromatic rings. The van der Waals surface area contributed by atoms with Gasteiger partial charge in [0.15, 0.2) is 0 Å². The number of carbonyl (C=O) groups is 1. The summed E-state index contributed by atoms with van der Waals surface area (Å²) in [6, 6.07) is 7.39. The molecule has 29 heavy (non-hydrogen) atoms. The first kappa shape index (κ1) is 17.5. The lowest BCUT2D eigenvalue weighted by Crippen LogP contribution is -2.43. The Morgan fingerprint density at radius 3 is 2.90 bits per heavy atom. The average Bonchev–Trinajstić information content (AvgIpc) is 3.33. The molecule has 0 spiro atoms. The number of pyridine rings is 2. The number of carbonyl (C=O) groups excluding carboxylic acids is 1. The molecule has 1 aliphatic rings. The zero-order valence-corrected chi connectivity index (χ0v) is 16.3. The van der Waals surface area contributed by atoms with E-state index in [9.17, 15) is 4.79 Å². The molecule has 4 aromatic heterocycles. The van der Waals surface area contributed by atoms with E-state index in [1.165, 1.54) is 0 Å². The number of H-pyrrole nitrogens is 1.